The first kappa shape index (κ1) is 19.4. The molecule has 0 aliphatic carbocycles. The molecule has 140 valence electrons. The van der Waals surface area contributed by atoms with Gasteiger partial charge in [-0.3, -0.25) is 4.79 Å². The van der Waals surface area contributed by atoms with Crippen molar-refractivity contribution in [2.45, 2.75) is 32.0 Å². The topological polar surface area (TPSA) is 72.7 Å². The van der Waals surface area contributed by atoms with Crippen LogP contribution in [-0.4, -0.2) is 31.9 Å². The molecule has 1 amide bonds. The largest absolute Gasteiger partial charge is 0.349 e. The third kappa shape index (κ3) is 4.67. The van der Waals surface area contributed by atoms with E-state index in [1.54, 1.807) is 4.68 Å². The molecule has 0 saturated heterocycles. The van der Waals surface area contributed by atoms with E-state index in [-0.39, 0.29) is 17.7 Å². The molecule has 0 aliphatic rings. The molecule has 0 saturated carbocycles. The lowest BCUT2D eigenvalue weighted by atomic mass is 10.1. The number of hydrogen-bond donors (Lipinski definition) is 1. The Balaban J connectivity index is 1.65. The van der Waals surface area contributed by atoms with Gasteiger partial charge in [0.25, 0.3) is 0 Å². The number of rotatable bonds is 6. The lowest BCUT2D eigenvalue weighted by molar-refractivity contribution is -0.119. The minimum Gasteiger partial charge on any atom is -0.349 e. The van der Waals surface area contributed by atoms with E-state index in [1.165, 1.54) is 17.3 Å². The van der Waals surface area contributed by atoms with Gasteiger partial charge in [-0.05, 0) is 54.5 Å². The summed E-state index contributed by atoms with van der Waals surface area (Å²) >= 11 is 7.48. The fraction of sp³-hybridized carbons (Fsp3) is 0.263. The highest BCUT2D eigenvalue weighted by Gasteiger charge is 2.16. The van der Waals surface area contributed by atoms with Gasteiger partial charge in [-0.1, -0.05) is 59.3 Å². The van der Waals surface area contributed by atoms with Gasteiger partial charge >= 0.3 is 0 Å². The van der Waals surface area contributed by atoms with Gasteiger partial charge in [-0.15, -0.1) is 5.10 Å². The average Bonchev–Trinajstić information content (AvgIpc) is 3.08. The number of tetrazole rings is 1. The van der Waals surface area contributed by atoms with Crippen LogP contribution in [0, 0.1) is 13.8 Å². The van der Waals surface area contributed by atoms with E-state index in [1.807, 2.05) is 57.2 Å². The van der Waals surface area contributed by atoms with Crippen LogP contribution in [0.1, 0.15) is 29.7 Å². The normalized spacial score (nSPS) is 12.0. The number of thioether (sulfide) groups is 1. The van der Waals surface area contributed by atoms with E-state index in [2.05, 4.69) is 26.9 Å². The maximum atomic E-state index is 12.3. The van der Waals surface area contributed by atoms with Crippen molar-refractivity contribution in [3.63, 3.8) is 0 Å². The number of carbonyl (C=O) groups excluding carboxylic acids is 1. The quantitative estimate of drug-likeness (QED) is 0.634. The molecule has 8 heteroatoms. The van der Waals surface area contributed by atoms with Crippen molar-refractivity contribution in [2.24, 2.45) is 0 Å². The highest BCUT2D eigenvalue weighted by atomic mass is 35.5. The Bertz CT molecular complexity index is 959. The van der Waals surface area contributed by atoms with Crippen molar-refractivity contribution < 1.29 is 4.79 Å². The molecule has 6 nitrogen and oxygen atoms in total. The molecule has 1 N–H and O–H groups in total. The molecule has 3 aromatic rings. The number of aryl methyl sites for hydroxylation is 2. The lowest BCUT2D eigenvalue weighted by Crippen LogP contribution is -2.28. The molecule has 1 heterocycles. The molecule has 0 unspecified atom stereocenters. The summed E-state index contributed by atoms with van der Waals surface area (Å²) in [5.74, 6) is 0.0997. The van der Waals surface area contributed by atoms with E-state index >= 15 is 0 Å². The summed E-state index contributed by atoms with van der Waals surface area (Å²) in [4.78, 5) is 12.3. The Labute approximate surface area is 167 Å². The lowest BCUT2D eigenvalue weighted by Gasteiger charge is -2.15. The second-order valence-electron chi connectivity index (χ2n) is 6.26. The number of carbonyl (C=O) groups is 1. The molecule has 0 fully saturated rings. The van der Waals surface area contributed by atoms with Gasteiger partial charge in [0.2, 0.25) is 11.1 Å². The van der Waals surface area contributed by atoms with Crippen LogP contribution in [0.15, 0.2) is 47.6 Å². The Morgan fingerprint density at radius 3 is 2.78 bits per heavy atom. The van der Waals surface area contributed by atoms with Crippen LogP contribution in [0.4, 0.5) is 0 Å². The van der Waals surface area contributed by atoms with Crippen molar-refractivity contribution in [1.29, 1.82) is 0 Å². The number of amides is 1. The van der Waals surface area contributed by atoms with Crippen molar-refractivity contribution >= 4 is 29.3 Å². The van der Waals surface area contributed by atoms with Gasteiger partial charge in [0, 0.05) is 5.02 Å². The Morgan fingerprint density at radius 1 is 1.26 bits per heavy atom. The maximum absolute atomic E-state index is 12.3. The van der Waals surface area contributed by atoms with Crippen LogP contribution in [-0.2, 0) is 4.79 Å². The Kier molecular flexibility index (Phi) is 6.13. The van der Waals surface area contributed by atoms with Crippen molar-refractivity contribution in [2.75, 3.05) is 5.75 Å². The zero-order valence-electron chi connectivity index (χ0n) is 15.3. The second-order valence-corrected chi connectivity index (χ2v) is 7.61. The number of aromatic nitrogens is 4. The van der Waals surface area contributed by atoms with Crippen LogP contribution in [0.2, 0.25) is 5.02 Å². The molecule has 1 atom stereocenters. The molecule has 27 heavy (non-hydrogen) atoms. The van der Waals surface area contributed by atoms with Crippen molar-refractivity contribution in [3.8, 4) is 5.69 Å². The summed E-state index contributed by atoms with van der Waals surface area (Å²) in [7, 11) is 0. The second kappa shape index (κ2) is 8.54. The third-order valence-electron chi connectivity index (χ3n) is 4.10. The van der Waals surface area contributed by atoms with Gasteiger partial charge in [-0.2, -0.15) is 4.68 Å². The van der Waals surface area contributed by atoms with E-state index in [0.29, 0.717) is 10.2 Å². The highest BCUT2D eigenvalue weighted by Crippen LogP contribution is 2.24. The van der Waals surface area contributed by atoms with Gasteiger partial charge in [-0.25, -0.2) is 0 Å². The van der Waals surface area contributed by atoms with E-state index in [0.717, 1.165) is 16.8 Å². The molecule has 2 aromatic carbocycles. The van der Waals surface area contributed by atoms with Gasteiger partial charge in [0.15, 0.2) is 0 Å². The van der Waals surface area contributed by atoms with Gasteiger partial charge in [0.05, 0.1) is 17.5 Å². The average molecular weight is 402 g/mol. The van der Waals surface area contributed by atoms with E-state index in [9.17, 15) is 4.79 Å². The Morgan fingerprint density at radius 2 is 2.04 bits per heavy atom. The van der Waals surface area contributed by atoms with E-state index in [4.69, 9.17) is 11.6 Å². The number of nitrogens with zero attached hydrogens (tertiary/aromatic N) is 4. The number of nitrogens with one attached hydrogen (secondary N) is 1. The summed E-state index contributed by atoms with van der Waals surface area (Å²) in [6.07, 6.45) is 0. The van der Waals surface area contributed by atoms with Crippen LogP contribution in [0.5, 0.6) is 0 Å². The van der Waals surface area contributed by atoms with Gasteiger partial charge < -0.3 is 5.32 Å². The summed E-state index contributed by atoms with van der Waals surface area (Å²) in [6, 6.07) is 13.4. The zero-order chi connectivity index (χ0) is 19.4. The molecule has 0 radical (unpaired) electrons. The number of benzene rings is 2. The minimum atomic E-state index is -0.179. The van der Waals surface area contributed by atoms with Crippen LogP contribution < -0.4 is 5.32 Å². The maximum Gasteiger partial charge on any atom is 0.230 e. The summed E-state index contributed by atoms with van der Waals surface area (Å²) < 4.78 is 1.66. The zero-order valence-corrected chi connectivity index (χ0v) is 16.9. The van der Waals surface area contributed by atoms with Crippen LogP contribution in [0.25, 0.3) is 5.69 Å². The standard InChI is InChI=1S/C19H20ClN5OS/c1-12-8-9-17(13(2)10-12)25-19(22-23-24-25)27-11-18(26)21-14(3)15-6-4-5-7-16(15)20/h4-10,14H,11H2,1-3H3,(H,21,26)/t14-/m1/s1. The third-order valence-corrected chi connectivity index (χ3v) is 5.37. The monoisotopic (exact) mass is 401 g/mol. The number of hydrogen-bond acceptors (Lipinski definition) is 5. The fourth-order valence-electron chi connectivity index (χ4n) is 2.78. The summed E-state index contributed by atoms with van der Waals surface area (Å²) in [5, 5.41) is 16.0. The molecular weight excluding hydrogens is 382 g/mol. The van der Waals surface area contributed by atoms with E-state index < -0.39 is 0 Å². The van der Waals surface area contributed by atoms with Gasteiger partial charge in [0.1, 0.15) is 0 Å². The highest BCUT2D eigenvalue weighted by molar-refractivity contribution is 7.99. The molecule has 0 bridgehead atoms. The predicted molar refractivity (Wildman–Crippen MR) is 107 cm³/mol. The molecule has 0 aliphatic heterocycles. The first-order chi connectivity index (χ1) is 13.0. The first-order valence-electron chi connectivity index (χ1n) is 8.48. The van der Waals surface area contributed by atoms with Crippen LogP contribution >= 0.6 is 23.4 Å². The molecule has 3 rings (SSSR count). The summed E-state index contributed by atoms with van der Waals surface area (Å²) in [6.45, 7) is 5.95. The van der Waals surface area contributed by atoms with Crippen LogP contribution in [0.3, 0.4) is 0 Å². The molecular formula is C19H20ClN5OS. The summed E-state index contributed by atoms with van der Waals surface area (Å²) in [5.41, 5.74) is 4.03. The molecule has 0 spiro atoms. The Hall–Kier alpha value is -2.38. The minimum absolute atomic E-state index is 0.109. The number of halogens is 1. The predicted octanol–water partition coefficient (Wildman–Crippen LogP) is 3.90. The SMILES string of the molecule is Cc1ccc(-n2nnnc2SCC(=O)N[C@H](C)c2ccccc2Cl)c(C)c1. The first-order valence-corrected chi connectivity index (χ1v) is 9.84. The smallest absolute Gasteiger partial charge is 0.230 e. The molecule has 1 aromatic heterocycles. The van der Waals surface area contributed by atoms with Crippen molar-refractivity contribution in [3.05, 3.63) is 64.2 Å². The fourth-order valence-corrected chi connectivity index (χ4v) is 3.77. The van der Waals surface area contributed by atoms with Crippen molar-refractivity contribution in [1.82, 2.24) is 25.5 Å².